The Labute approximate surface area is 125 Å². The van der Waals surface area contributed by atoms with E-state index < -0.39 is 16.0 Å². The van der Waals surface area contributed by atoms with E-state index in [2.05, 4.69) is 9.46 Å². The molecular formula is C14H21NO5S. The zero-order valence-electron chi connectivity index (χ0n) is 12.5. The summed E-state index contributed by atoms with van der Waals surface area (Å²) in [6, 6.07) is 6.83. The Hall–Kier alpha value is -1.76. The number of para-hydroxylation sites is 2. The molecule has 0 fully saturated rings. The Bertz CT molecular complexity index is 568. The second kappa shape index (κ2) is 7.87. The van der Waals surface area contributed by atoms with Gasteiger partial charge in [-0.25, -0.2) is 8.42 Å². The average molecular weight is 315 g/mol. The summed E-state index contributed by atoms with van der Waals surface area (Å²) in [6.07, 6.45) is 0.214. The molecule has 1 N–H and O–H groups in total. The molecule has 0 aliphatic carbocycles. The van der Waals surface area contributed by atoms with Gasteiger partial charge in [-0.3, -0.25) is 9.52 Å². The summed E-state index contributed by atoms with van der Waals surface area (Å²) >= 11 is 0. The van der Waals surface area contributed by atoms with Gasteiger partial charge in [0, 0.05) is 6.42 Å². The molecule has 21 heavy (non-hydrogen) atoms. The van der Waals surface area contributed by atoms with Gasteiger partial charge >= 0.3 is 5.97 Å². The lowest BCUT2D eigenvalue weighted by molar-refractivity contribution is -0.140. The van der Waals surface area contributed by atoms with Crippen LogP contribution in [-0.2, 0) is 19.6 Å². The van der Waals surface area contributed by atoms with E-state index >= 15 is 0 Å². The summed E-state index contributed by atoms with van der Waals surface area (Å²) in [5.41, 5.74) is 0.393. The van der Waals surface area contributed by atoms with Crippen LogP contribution in [0.25, 0.3) is 0 Å². The van der Waals surface area contributed by atoms with E-state index in [-0.39, 0.29) is 24.7 Å². The van der Waals surface area contributed by atoms with Crippen LogP contribution < -0.4 is 9.46 Å². The van der Waals surface area contributed by atoms with Crippen LogP contribution in [0.4, 0.5) is 5.69 Å². The molecule has 0 aliphatic heterocycles. The molecule has 1 aromatic rings. The van der Waals surface area contributed by atoms with E-state index in [0.29, 0.717) is 11.4 Å². The van der Waals surface area contributed by atoms with Crippen LogP contribution in [0.1, 0.15) is 26.7 Å². The van der Waals surface area contributed by atoms with Gasteiger partial charge in [-0.1, -0.05) is 12.1 Å². The van der Waals surface area contributed by atoms with Gasteiger partial charge in [0.1, 0.15) is 5.75 Å². The Balaban J connectivity index is 2.69. The molecule has 1 aromatic carbocycles. The first-order valence-corrected chi connectivity index (χ1v) is 8.32. The van der Waals surface area contributed by atoms with Crippen molar-refractivity contribution in [3.05, 3.63) is 24.3 Å². The molecule has 0 unspecified atom stereocenters. The third-order valence-corrected chi connectivity index (χ3v) is 3.89. The maximum atomic E-state index is 12.0. The van der Waals surface area contributed by atoms with E-state index in [9.17, 15) is 13.2 Å². The fourth-order valence-corrected chi connectivity index (χ4v) is 2.76. The van der Waals surface area contributed by atoms with E-state index in [1.165, 1.54) is 7.11 Å². The number of rotatable bonds is 8. The molecule has 0 atom stereocenters. The van der Waals surface area contributed by atoms with E-state index in [4.69, 9.17) is 4.74 Å². The SMILES string of the molecule is COC(=O)CCCS(=O)(=O)Nc1ccccc1OC(C)C. The van der Waals surface area contributed by atoms with Crippen LogP contribution in [0.5, 0.6) is 5.75 Å². The number of anilines is 1. The Morgan fingerprint density at radius 2 is 1.95 bits per heavy atom. The molecule has 0 bridgehead atoms. The van der Waals surface area contributed by atoms with Gasteiger partial charge < -0.3 is 9.47 Å². The summed E-state index contributed by atoms with van der Waals surface area (Å²) in [4.78, 5) is 11.0. The van der Waals surface area contributed by atoms with Crippen LogP contribution in [0.2, 0.25) is 0 Å². The molecule has 0 heterocycles. The van der Waals surface area contributed by atoms with Crippen molar-refractivity contribution in [3.63, 3.8) is 0 Å². The summed E-state index contributed by atoms with van der Waals surface area (Å²) in [7, 11) is -2.26. The smallest absolute Gasteiger partial charge is 0.305 e. The number of hydrogen-bond acceptors (Lipinski definition) is 5. The second-order valence-corrected chi connectivity index (χ2v) is 6.61. The third-order valence-electron chi connectivity index (χ3n) is 2.54. The highest BCUT2D eigenvalue weighted by atomic mass is 32.2. The van der Waals surface area contributed by atoms with Crippen molar-refractivity contribution < 1.29 is 22.7 Å². The molecule has 7 heteroatoms. The Morgan fingerprint density at radius 1 is 1.29 bits per heavy atom. The second-order valence-electron chi connectivity index (χ2n) is 4.76. The number of carbonyl (C=O) groups excluding carboxylic acids is 1. The Kier molecular flexibility index (Phi) is 6.48. The van der Waals surface area contributed by atoms with Gasteiger partial charge in [-0.15, -0.1) is 0 Å². The highest BCUT2D eigenvalue weighted by Crippen LogP contribution is 2.26. The molecule has 1 rings (SSSR count). The predicted octanol–water partition coefficient (Wildman–Crippen LogP) is 2.17. The minimum atomic E-state index is -3.53. The maximum absolute atomic E-state index is 12.0. The average Bonchev–Trinajstić information content (AvgIpc) is 2.39. The molecule has 118 valence electrons. The lowest BCUT2D eigenvalue weighted by atomic mass is 10.3. The zero-order valence-corrected chi connectivity index (χ0v) is 13.3. The van der Waals surface area contributed by atoms with Crippen LogP contribution in [0.15, 0.2) is 24.3 Å². The van der Waals surface area contributed by atoms with Crippen LogP contribution in [0.3, 0.4) is 0 Å². The lowest BCUT2D eigenvalue weighted by Gasteiger charge is -2.15. The van der Waals surface area contributed by atoms with Crippen LogP contribution in [-0.4, -0.2) is 33.4 Å². The van der Waals surface area contributed by atoms with Crippen molar-refractivity contribution in [3.8, 4) is 5.75 Å². The number of sulfonamides is 1. The molecule has 0 saturated heterocycles. The summed E-state index contributed by atoms with van der Waals surface area (Å²) < 4.78 is 36.5. The molecule has 6 nitrogen and oxygen atoms in total. The molecule has 0 aliphatic rings. The van der Waals surface area contributed by atoms with Gasteiger partial charge in [0.25, 0.3) is 0 Å². The van der Waals surface area contributed by atoms with Crippen LogP contribution >= 0.6 is 0 Å². The van der Waals surface area contributed by atoms with Crippen molar-refractivity contribution in [1.29, 1.82) is 0 Å². The topological polar surface area (TPSA) is 81.7 Å². The van der Waals surface area contributed by atoms with Crippen molar-refractivity contribution in [1.82, 2.24) is 0 Å². The highest BCUT2D eigenvalue weighted by Gasteiger charge is 2.15. The lowest BCUT2D eigenvalue weighted by Crippen LogP contribution is -2.19. The van der Waals surface area contributed by atoms with E-state index in [1.54, 1.807) is 24.3 Å². The largest absolute Gasteiger partial charge is 0.489 e. The first-order valence-electron chi connectivity index (χ1n) is 6.67. The quantitative estimate of drug-likeness (QED) is 0.744. The van der Waals surface area contributed by atoms with Crippen molar-refractivity contribution in [2.75, 3.05) is 17.6 Å². The minimum absolute atomic E-state index is 0.0602. The number of hydrogen-bond donors (Lipinski definition) is 1. The monoisotopic (exact) mass is 315 g/mol. The fourth-order valence-electron chi connectivity index (χ4n) is 1.63. The van der Waals surface area contributed by atoms with Crippen molar-refractivity contribution in [2.45, 2.75) is 32.8 Å². The van der Waals surface area contributed by atoms with Gasteiger partial charge in [0.15, 0.2) is 0 Å². The molecule has 0 saturated carbocycles. The zero-order chi connectivity index (χ0) is 15.9. The highest BCUT2D eigenvalue weighted by molar-refractivity contribution is 7.92. The predicted molar refractivity (Wildman–Crippen MR) is 80.9 cm³/mol. The fraction of sp³-hybridized carbons (Fsp3) is 0.500. The summed E-state index contributed by atoms with van der Waals surface area (Å²) in [5.74, 6) is -0.101. The van der Waals surface area contributed by atoms with E-state index in [0.717, 1.165) is 0 Å². The molecular weight excluding hydrogens is 294 g/mol. The standard InChI is InChI=1S/C14H21NO5S/c1-11(2)20-13-8-5-4-7-12(13)15-21(17,18)10-6-9-14(16)19-3/h4-5,7-8,11,15H,6,9-10H2,1-3H3. The van der Waals surface area contributed by atoms with Crippen molar-refractivity contribution in [2.24, 2.45) is 0 Å². The van der Waals surface area contributed by atoms with Gasteiger partial charge in [0.05, 0.1) is 24.7 Å². The third kappa shape index (κ3) is 6.48. The van der Waals surface area contributed by atoms with E-state index in [1.807, 2.05) is 13.8 Å². The first-order chi connectivity index (χ1) is 9.84. The summed E-state index contributed by atoms with van der Waals surface area (Å²) in [5, 5.41) is 0. The molecule has 0 spiro atoms. The molecule has 0 amide bonds. The van der Waals surface area contributed by atoms with Gasteiger partial charge in [0.2, 0.25) is 10.0 Å². The number of methoxy groups -OCH3 is 1. The summed E-state index contributed by atoms with van der Waals surface area (Å²) in [6.45, 7) is 3.73. The van der Waals surface area contributed by atoms with Gasteiger partial charge in [-0.2, -0.15) is 0 Å². The normalized spacial score (nSPS) is 11.2. The first kappa shape index (κ1) is 17.3. The number of ether oxygens (including phenoxy) is 2. The van der Waals surface area contributed by atoms with Gasteiger partial charge in [-0.05, 0) is 32.4 Å². The number of benzene rings is 1. The number of nitrogens with one attached hydrogen (secondary N) is 1. The van der Waals surface area contributed by atoms with Crippen LogP contribution in [0, 0.1) is 0 Å². The Morgan fingerprint density at radius 3 is 2.57 bits per heavy atom. The number of carbonyl (C=O) groups is 1. The van der Waals surface area contributed by atoms with Crippen molar-refractivity contribution >= 4 is 21.7 Å². The molecule has 0 radical (unpaired) electrons. The maximum Gasteiger partial charge on any atom is 0.305 e. The minimum Gasteiger partial charge on any atom is -0.489 e. The molecule has 0 aromatic heterocycles. The number of esters is 1.